The van der Waals surface area contributed by atoms with Crippen molar-refractivity contribution >= 4 is 28.6 Å². The van der Waals surface area contributed by atoms with Gasteiger partial charge < -0.3 is 10.2 Å². The number of phenolic OH excluding ortho intramolecular Hbond substituents is 1. The van der Waals surface area contributed by atoms with Crippen molar-refractivity contribution in [3.8, 4) is 5.75 Å². The molecule has 0 unspecified atom stereocenters. The summed E-state index contributed by atoms with van der Waals surface area (Å²) in [4.78, 5) is 10.2. The summed E-state index contributed by atoms with van der Waals surface area (Å²) in [6, 6.07) is 15.3. The highest BCUT2D eigenvalue weighted by atomic mass is 127. The SMILES string of the molecule is O=C(O)c1ccccc1.Oc1ccc(I)cc1. The minimum Gasteiger partial charge on any atom is -0.508 e. The van der Waals surface area contributed by atoms with Gasteiger partial charge in [-0.05, 0) is 59.0 Å². The number of aromatic hydroxyl groups is 1. The van der Waals surface area contributed by atoms with Gasteiger partial charge in [0.2, 0.25) is 0 Å². The van der Waals surface area contributed by atoms with E-state index in [0.29, 0.717) is 11.3 Å². The fourth-order valence-corrected chi connectivity index (χ4v) is 1.38. The number of hydrogen-bond donors (Lipinski definition) is 2. The molecule has 0 aliphatic heterocycles. The Morgan fingerprint density at radius 1 is 0.941 bits per heavy atom. The zero-order valence-corrected chi connectivity index (χ0v) is 11.0. The van der Waals surface area contributed by atoms with Crippen LogP contribution in [0.4, 0.5) is 0 Å². The molecule has 0 aromatic heterocycles. The number of hydrogen-bond acceptors (Lipinski definition) is 2. The van der Waals surface area contributed by atoms with Gasteiger partial charge in [-0.2, -0.15) is 0 Å². The molecule has 2 aromatic carbocycles. The van der Waals surface area contributed by atoms with Crippen LogP contribution >= 0.6 is 22.6 Å². The molecular weight excluding hydrogens is 331 g/mol. The van der Waals surface area contributed by atoms with E-state index in [1.54, 1.807) is 42.5 Å². The Hall–Kier alpha value is -1.56. The second kappa shape index (κ2) is 6.90. The van der Waals surface area contributed by atoms with Gasteiger partial charge in [-0.15, -0.1) is 0 Å². The van der Waals surface area contributed by atoms with Crippen molar-refractivity contribution in [2.24, 2.45) is 0 Å². The van der Waals surface area contributed by atoms with Crippen LogP contribution in [0.1, 0.15) is 10.4 Å². The average Bonchev–Trinajstić information content (AvgIpc) is 2.35. The monoisotopic (exact) mass is 342 g/mol. The number of halogens is 1. The molecule has 2 rings (SSSR count). The van der Waals surface area contributed by atoms with Gasteiger partial charge in [-0.1, -0.05) is 18.2 Å². The molecule has 2 N–H and O–H groups in total. The maximum Gasteiger partial charge on any atom is 0.335 e. The number of carbonyl (C=O) groups is 1. The van der Waals surface area contributed by atoms with Gasteiger partial charge in [0, 0.05) is 3.57 Å². The lowest BCUT2D eigenvalue weighted by Gasteiger charge is -1.88. The van der Waals surface area contributed by atoms with Crippen molar-refractivity contribution in [3.63, 3.8) is 0 Å². The fourth-order valence-electron chi connectivity index (χ4n) is 1.02. The van der Waals surface area contributed by atoms with Crippen molar-refractivity contribution in [1.29, 1.82) is 0 Å². The number of aromatic carboxylic acids is 1. The van der Waals surface area contributed by atoms with Crippen molar-refractivity contribution < 1.29 is 15.0 Å². The molecule has 0 radical (unpaired) electrons. The minimum atomic E-state index is -0.879. The summed E-state index contributed by atoms with van der Waals surface area (Å²) in [5.74, 6) is -0.555. The molecule has 4 heteroatoms. The van der Waals surface area contributed by atoms with Crippen molar-refractivity contribution in [3.05, 3.63) is 63.7 Å². The zero-order chi connectivity index (χ0) is 12.7. The first-order valence-electron chi connectivity index (χ1n) is 4.82. The van der Waals surface area contributed by atoms with Crippen LogP contribution in [0.3, 0.4) is 0 Å². The van der Waals surface area contributed by atoms with Gasteiger partial charge in [-0.3, -0.25) is 0 Å². The Morgan fingerprint density at radius 2 is 1.47 bits per heavy atom. The maximum absolute atomic E-state index is 10.2. The third kappa shape index (κ3) is 5.35. The summed E-state index contributed by atoms with van der Waals surface area (Å²) < 4.78 is 1.14. The summed E-state index contributed by atoms with van der Waals surface area (Å²) in [6.07, 6.45) is 0. The van der Waals surface area contributed by atoms with Crippen LogP contribution in [0.25, 0.3) is 0 Å². The van der Waals surface area contributed by atoms with Gasteiger partial charge in [0.1, 0.15) is 5.75 Å². The van der Waals surface area contributed by atoms with E-state index in [0.717, 1.165) is 3.57 Å². The summed E-state index contributed by atoms with van der Waals surface area (Å²) in [5.41, 5.74) is 0.331. The van der Waals surface area contributed by atoms with E-state index in [1.807, 2.05) is 12.1 Å². The van der Waals surface area contributed by atoms with E-state index in [9.17, 15) is 4.79 Å². The predicted molar refractivity (Wildman–Crippen MR) is 74.2 cm³/mol. The first-order chi connectivity index (χ1) is 8.09. The molecule has 0 saturated carbocycles. The highest BCUT2D eigenvalue weighted by molar-refractivity contribution is 14.1. The molecule has 0 atom stereocenters. The van der Waals surface area contributed by atoms with Gasteiger partial charge in [-0.25, -0.2) is 4.79 Å². The lowest BCUT2D eigenvalue weighted by Crippen LogP contribution is -1.93. The van der Waals surface area contributed by atoms with Crippen LogP contribution in [-0.2, 0) is 0 Å². The molecule has 2 aromatic rings. The van der Waals surface area contributed by atoms with E-state index in [2.05, 4.69) is 22.6 Å². The molecule has 0 fully saturated rings. The molecule has 88 valence electrons. The average molecular weight is 342 g/mol. The second-order valence-electron chi connectivity index (χ2n) is 3.15. The van der Waals surface area contributed by atoms with Crippen molar-refractivity contribution in [1.82, 2.24) is 0 Å². The summed E-state index contributed by atoms with van der Waals surface area (Å²) in [7, 11) is 0. The molecule has 17 heavy (non-hydrogen) atoms. The first kappa shape index (κ1) is 13.5. The molecule has 0 aliphatic carbocycles. The number of carboxylic acids is 1. The lowest BCUT2D eigenvalue weighted by atomic mass is 10.2. The predicted octanol–water partition coefficient (Wildman–Crippen LogP) is 3.38. The largest absolute Gasteiger partial charge is 0.508 e. The van der Waals surface area contributed by atoms with Crippen molar-refractivity contribution in [2.75, 3.05) is 0 Å². The van der Waals surface area contributed by atoms with E-state index in [4.69, 9.17) is 10.2 Å². The summed E-state index contributed by atoms with van der Waals surface area (Å²) >= 11 is 2.19. The van der Waals surface area contributed by atoms with Gasteiger partial charge >= 0.3 is 5.97 Å². The Morgan fingerprint density at radius 3 is 1.82 bits per heavy atom. The highest BCUT2D eigenvalue weighted by Crippen LogP contribution is 2.10. The molecule has 0 spiro atoms. The molecule has 0 saturated heterocycles. The van der Waals surface area contributed by atoms with Crippen LogP contribution in [0.5, 0.6) is 5.75 Å². The number of benzene rings is 2. The minimum absolute atomic E-state index is 0.324. The summed E-state index contributed by atoms with van der Waals surface area (Å²) in [6.45, 7) is 0. The number of carboxylic acid groups (broad SMARTS) is 1. The van der Waals surface area contributed by atoms with Gasteiger partial charge in [0.25, 0.3) is 0 Å². The molecule has 0 aliphatic rings. The van der Waals surface area contributed by atoms with Crippen LogP contribution < -0.4 is 0 Å². The summed E-state index contributed by atoms with van der Waals surface area (Å²) in [5, 5.41) is 17.1. The van der Waals surface area contributed by atoms with E-state index in [1.165, 1.54) is 0 Å². The Kier molecular flexibility index (Phi) is 5.48. The molecule has 0 heterocycles. The Bertz CT molecular complexity index is 445. The first-order valence-corrected chi connectivity index (χ1v) is 5.90. The number of phenols is 1. The zero-order valence-electron chi connectivity index (χ0n) is 8.88. The van der Waals surface area contributed by atoms with Gasteiger partial charge in [0.15, 0.2) is 0 Å². The Labute approximate surface area is 113 Å². The molecule has 0 amide bonds. The molecule has 0 bridgehead atoms. The molecular formula is C13H11IO3. The van der Waals surface area contributed by atoms with Crippen LogP contribution in [0.15, 0.2) is 54.6 Å². The lowest BCUT2D eigenvalue weighted by molar-refractivity contribution is 0.0697. The van der Waals surface area contributed by atoms with E-state index in [-0.39, 0.29) is 0 Å². The normalized spacial score (nSPS) is 9.00. The van der Waals surface area contributed by atoms with Crippen LogP contribution in [-0.4, -0.2) is 16.2 Å². The molecule has 3 nitrogen and oxygen atoms in total. The Balaban J connectivity index is 0.000000171. The van der Waals surface area contributed by atoms with Crippen LogP contribution in [0.2, 0.25) is 0 Å². The van der Waals surface area contributed by atoms with Gasteiger partial charge in [0.05, 0.1) is 5.56 Å². The van der Waals surface area contributed by atoms with Crippen LogP contribution in [0, 0.1) is 3.57 Å². The standard InChI is InChI=1S/C7H6O2.C6H5IO/c8-7(9)6-4-2-1-3-5-6;7-5-1-3-6(8)4-2-5/h1-5H,(H,8,9);1-4,8H. The third-order valence-corrected chi connectivity index (χ3v) is 2.57. The number of rotatable bonds is 1. The van der Waals surface area contributed by atoms with Crippen molar-refractivity contribution in [2.45, 2.75) is 0 Å². The van der Waals surface area contributed by atoms with E-state index < -0.39 is 5.97 Å². The fraction of sp³-hybridized carbons (Fsp3) is 0. The topological polar surface area (TPSA) is 57.5 Å². The second-order valence-corrected chi connectivity index (χ2v) is 4.39. The smallest absolute Gasteiger partial charge is 0.335 e. The third-order valence-electron chi connectivity index (χ3n) is 1.85. The quantitative estimate of drug-likeness (QED) is 0.782. The highest BCUT2D eigenvalue weighted by Gasteiger charge is 1.96. The maximum atomic E-state index is 10.2. The van der Waals surface area contributed by atoms with E-state index >= 15 is 0 Å².